The molecular weight excluding hydrogens is 191 g/mol. The lowest BCUT2D eigenvalue weighted by atomic mass is 10.0. The summed E-state index contributed by atoms with van der Waals surface area (Å²) in [6.07, 6.45) is 4.05. The Bertz CT molecular complexity index is 380. The van der Waals surface area contributed by atoms with Gasteiger partial charge in [0.15, 0.2) is 5.78 Å². The van der Waals surface area contributed by atoms with Crippen LogP contribution in [0, 0.1) is 18.7 Å². The van der Waals surface area contributed by atoms with Gasteiger partial charge in [-0.1, -0.05) is 18.9 Å². The minimum Gasteiger partial charge on any atom is -0.294 e. The molecule has 0 aliphatic heterocycles. The van der Waals surface area contributed by atoms with Crippen LogP contribution >= 0.6 is 0 Å². The lowest BCUT2D eigenvalue weighted by molar-refractivity contribution is 0.0977. The molecule has 0 aromatic heterocycles. The van der Waals surface area contributed by atoms with Crippen molar-refractivity contribution >= 4 is 5.78 Å². The quantitative estimate of drug-likeness (QED) is 0.689. The van der Waals surface area contributed by atoms with Crippen LogP contribution in [0.2, 0.25) is 0 Å². The molecule has 1 nitrogen and oxygen atoms in total. The standard InChI is InChI=1S/C13H15FO/c1-9-2-6-11(14)8-12(9)13(15)7-5-10-3-4-10/h2,6,8,10H,3-5,7H2,1H3. The van der Waals surface area contributed by atoms with Gasteiger partial charge in [-0.25, -0.2) is 4.39 Å². The van der Waals surface area contributed by atoms with Gasteiger partial charge in [0.05, 0.1) is 0 Å². The third-order valence-corrected chi connectivity index (χ3v) is 2.98. The summed E-state index contributed by atoms with van der Waals surface area (Å²) in [6, 6.07) is 4.41. The van der Waals surface area contributed by atoms with Crippen LogP contribution in [0.1, 0.15) is 41.6 Å². The Balaban J connectivity index is 2.05. The van der Waals surface area contributed by atoms with Crippen LogP contribution in [0.15, 0.2) is 18.2 Å². The number of hydrogen-bond acceptors (Lipinski definition) is 1. The van der Waals surface area contributed by atoms with E-state index in [1.54, 1.807) is 6.07 Å². The lowest BCUT2D eigenvalue weighted by Gasteiger charge is -2.04. The van der Waals surface area contributed by atoms with Crippen molar-refractivity contribution in [2.75, 3.05) is 0 Å². The molecule has 0 saturated heterocycles. The molecule has 1 aliphatic carbocycles. The van der Waals surface area contributed by atoms with E-state index in [4.69, 9.17) is 0 Å². The van der Waals surface area contributed by atoms with Crippen molar-refractivity contribution in [3.05, 3.63) is 35.1 Å². The molecule has 0 radical (unpaired) electrons. The third kappa shape index (κ3) is 2.65. The summed E-state index contributed by atoms with van der Waals surface area (Å²) >= 11 is 0. The predicted molar refractivity (Wildman–Crippen MR) is 57.4 cm³/mol. The molecule has 0 amide bonds. The van der Waals surface area contributed by atoms with Crippen LogP contribution in [-0.4, -0.2) is 5.78 Å². The van der Waals surface area contributed by atoms with Gasteiger partial charge in [0.1, 0.15) is 5.82 Å². The van der Waals surface area contributed by atoms with Crippen molar-refractivity contribution in [1.82, 2.24) is 0 Å². The highest BCUT2D eigenvalue weighted by atomic mass is 19.1. The van der Waals surface area contributed by atoms with Crippen molar-refractivity contribution in [2.24, 2.45) is 5.92 Å². The van der Waals surface area contributed by atoms with Gasteiger partial charge < -0.3 is 0 Å². The van der Waals surface area contributed by atoms with Crippen molar-refractivity contribution < 1.29 is 9.18 Å². The minimum atomic E-state index is -0.324. The number of benzene rings is 1. The van der Waals surface area contributed by atoms with E-state index in [-0.39, 0.29) is 11.6 Å². The Morgan fingerprint density at radius 2 is 2.20 bits per heavy atom. The minimum absolute atomic E-state index is 0.0823. The summed E-state index contributed by atoms with van der Waals surface area (Å²) in [5.74, 6) is 0.511. The van der Waals surface area contributed by atoms with Crippen LogP contribution in [0.5, 0.6) is 0 Å². The van der Waals surface area contributed by atoms with Gasteiger partial charge in [-0.2, -0.15) is 0 Å². The molecule has 2 rings (SSSR count). The Morgan fingerprint density at radius 3 is 2.87 bits per heavy atom. The van der Waals surface area contributed by atoms with E-state index < -0.39 is 0 Å². The van der Waals surface area contributed by atoms with Crippen molar-refractivity contribution in [3.63, 3.8) is 0 Å². The van der Waals surface area contributed by atoms with Gasteiger partial charge in [0.25, 0.3) is 0 Å². The van der Waals surface area contributed by atoms with Crippen LogP contribution in [0.4, 0.5) is 4.39 Å². The van der Waals surface area contributed by atoms with E-state index in [9.17, 15) is 9.18 Å². The first-order chi connectivity index (χ1) is 7.16. The SMILES string of the molecule is Cc1ccc(F)cc1C(=O)CCC1CC1. The first-order valence-electron chi connectivity index (χ1n) is 5.46. The van der Waals surface area contributed by atoms with Crippen molar-refractivity contribution in [2.45, 2.75) is 32.6 Å². The molecule has 1 saturated carbocycles. The highest BCUT2D eigenvalue weighted by Crippen LogP contribution is 2.34. The van der Waals surface area contributed by atoms with E-state index in [1.165, 1.54) is 25.0 Å². The summed E-state index contributed by atoms with van der Waals surface area (Å²) < 4.78 is 13.0. The normalized spacial score (nSPS) is 15.3. The number of halogens is 1. The molecule has 1 fully saturated rings. The fourth-order valence-corrected chi connectivity index (χ4v) is 1.77. The molecule has 0 bridgehead atoms. The van der Waals surface area contributed by atoms with Crippen LogP contribution in [0.25, 0.3) is 0 Å². The first kappa shape index (κ1) is 10.3. The first-order valence-corrected chi connectivity index (χ1v) is 5.46. The number of ketones is 1. The molecule has 15 heavy (non-hydrogen) atoms. The Kier molecular flexibility index (Phi) is 2.85. The molecule has 0 heterocycles. The zero-order valence-corrected chi connectivity index (χ0v) is 8.92. The molecule has 1 aromatic rings. The monoisotopic (exact) mass is 206 g/mol. The zero-order valence-electron chi connectivity index (χ0n) is 8.92. The number of aryl methyl sites for hydroxylation is 1. The molecular formula is C13H15FO. The van der Waals surface area contributed by atoms with Gasteiger partial charge in [0, 0.05) is 12.0 Å². The van der Waals surface area contributed by atoms with Gasteiger partial charge in [-0.15, -0.1) is 0 Å². The van der Waals surface area contributed by atoms with E-state index in [0.717, 1.165) is 17.9 Å². The van der Waals surface area contributed by atoms with Crippen LogP contribution in [-0.2, 0) is 0 Å². The fourth-order valence-electron chi connectivity index (χ4n) is 1.77. The second-order valence-corrected chi connectivity index (χ2v) is 4.36. The van der Waals surface area contributed by atoms with Gasteiger partial charge in [0.2, 0.25) is 0 Å². The van der Waals surface area contributed by atoms with Gasteiger partial charge in [-0.3, -0.25) is 4.79 Å². The molecule has 80 valence electrons. The summed E-state index contributed by atoms with van der Waals surface area (Å²) in [7, 11) is 0. The maximum Gasteiger partial charge on any atom is 0.163 e. The van der Waals surface area contributed by atoms with E-state index in [2.05, 4.69) is 0 Å². The van der Waals surface area contributed by atoms with Crippen molar-refractivity contribution in [1.29, 1.82) is 0 Å². The topological polar surface area (TPSA) is 17.1 Å². The number of Topliss-reactive ketones (excluding diaryl/α,β-unsaturated/α-hetero) is 1. The van der Waals surface area contributed by atoms with Gasteiger partial charge >= 0.3 is 0 Å². The Hall–Kier alpha value is -1.18. The van der Waals surface area contributed by atoms with E-state index >= 15 is 0 Å². The summed E-state index contributed by atoms with van der Waals surface area (Å²) in [5, 5.41) is 0. The molecule has 0 unspecified atom stereocenters. The van der Waals surface area contributed by atoms with Crippen LogP contribution in [0.3, 0.4) is 0 Å². The molecule has 0 spiro atoms. The Labute approximate surface area is 89.3 Å². The Morgan fingerprint density at radius 1 is 1.47 bits per heavy atom. The second-order valence-electron chi connectivity index (χ2n) is 4.36. The smallest absolute Gasteiger partial charge is 0.163 e. The third-order valence-electron chi connectivity index (χ3n) is 2.98. The molecule has 0 atom stereocenters. The number of rotatable bonds is 4. The summed E-state index contributed by atoms with van der Waals surface area (Å²) in [5.41, 5.74) is 1.42. The summed E-state index contributed by atoms with van der Waals surface area (Å²) in [6.45, 7) is 1.85. The molecule has 2 heteroatoms. The highest BCUT2D eigenvalue weighted by molar-refractivity contribution is 5.97. The number of carbonyl (C=O) groups excluding carboxylic acids is 1. The van der Waals surface area contributed by atoms with Crippen molar-refractivity contribution in [3.8, 4) is 0 Å². The van der Waals surface area contributed by atoms with Crippen LogP contribution < -0.4 is 0 Å². The number of hydrogen-bond donors (Lipinski definition) is 0. The largest absolute Gasteiger partial charge is 0.294 e. The average Bonchev–Trinajstić information content (AvgIpc) is 3.02. The average molecular weight is 206 g/mol. The molecule has 1 aliphatic rings. The number of carbonyl (C=O) groups is 1. The highest BCUT2D eigenvalue weighted by Gasteiger charge is 2.22. The van der Waals surface area contributed by atoms with E-state index in [0.29, 0.717) is 12.0 Å². The zero-order chi connectivity index (χ0) is 10.8. The van der Waals surface area contributed by atoms with E-state index in [1.807, 2.05) is 6.92 Å². The lowest BCUT2D eigenvalue weighted by Crippen LogP contribution is -2.02. The molecule has 1 aromatic carbocycles. The summed E-state index contributed by atoms with van der Waals surface area (Å²) in [4.78, 5) is 11.8. The molecule has 0 N–H and O–H groups in total. The maximum atomic E-state index is 13.0. The fraction of sp³-hybridized carbons (Fsp3) is 0.462. The second kappa shape index (κ2) is 4.13. The van der Waals surface area contributed by atoms with Gasteiger partial charge in [-0.05, 0) is 37.0 Å². The maximum absolute atomic E-state index is 13.0. The predicted octanol–water partition coefficient (Wildman–Crippen LogP) is 3.51.